The molecule has 11 heteroatoms. The molecule has 38 heavy (non-hydrogen) atoms. The number of halogens is 1. The zero-order valence-electron chi connectivity index (χ0n) is 19.9. The maximum absolute atomic E-state index is 13.3. The second-order valence-electron chi connectivity index (χ2n) is 7.98. The van der Waals surface area contributed by atoms with Gasteiger partial charge in [0.1, 0.15) is 11.4 Å². The second kappa shape index (κ2) is 10.9. The number of aromatic nitrogens is 2. The zero-order valence-corrected chi connectivity index (χ0v) is 21.5. The number of nitrogens with zero attached hydrogens (tertiary/aromatic N) is 4. The maximum atomic E-state index is 13.3. The van der Waals surface area contributed by atoms with Crippen LogP contribution in [0.4, 0.5) is 5.69 Å². The number of methoxy groups -OCH3 is 1. The Morgan fingerprint density at radius 3 is 2.50 bits per heavy atom. The highest BCUT2D eigenvalue weighted by Crippen LogP contribution is 2.30. The molecule has 0 fully saturated rings. The van der Waals surface area contributed by atoms with Crippen LogP contribution in [0.5, 0.6) is 11.7 Å². The average Bonchev–Trinajstić information content (AvgIpc) is 3.48. The third kappa shape index (κ3) is 5.17. The lowest BCUT2D eigenvalue weighted by Gasteiger charge is -2.17. The number of amidine groups is 1. The molecule has 4 aromatic rings. The molecular formula is C27H19ClN4O5S. The van der Waals surface area contributed by atoms with Crippen LogP contribution in [0.2, 0.25) is 5.02 Å². The fraction of sp³-hybridized carbons (Fsp3) is 0.0741. The number of rotatable bonds is 7. The van der Waals surface area contributed by atoms with Crippen molar-refractivity contribution in [2.24, 2.45) is 4.99 Å². The van der Waals surface area contributed by atoms with Crippen LogP contribution in [0.15, 0.2) is 94.1 Å². The Kier molecular flexibility index (Phi) is 7.25. The Morgan fingerprint density at radius 1 is 1.11 bits per heavy atom. The van der Waals surface area contributed by atoms with Crippen molar-refractivity contribution in [1.82, 2.24) is 5.27 Å². The van der Waals surface area contributed by atoms with Crippen LogP contribution in [0, 0.1) is 0 Å². The van der Waals surface area contributed by atoms with Crippen molar-refractivity contribution >= 4 is 52.0 Å². The van der Waals surface area contributed by atoms with E-state index in [4.69, 9.17) is 20.9 Å². The number of thioether (sulfide) groups is 1. The molecule has 2 heterocycles. The summed E-state index contributed by atoms with van der Waals surface area (Å²) >= 11 is 7.01. The van der Waals surface area contributed by atoms with Crippen molar-refractivity contribution in [3.63, 3.8) is 0 Å². The molecule has 0 bridgehead atoms. The second-order valence-corrected chi connectivity index (χ2v) is 9.36. The van der Waals surface area contributed by atoms with Gasteiger partial charge < -0.3 is 14.4 Å². The first-order valence-corrected chi connectivity index (χ1v) is 12.7. The van der Waals surface area contributed by atoms with Crippen molar-refractivity contribution in [2.75, 3.05) is 17.8 Å². The highest BCUT2D eigenvalue weighted by molar-refractivity contribution is 8.14. The molecule has 0 aliphatic carbocycles. The van der Waals surface area contributed by atoms with E-state index < -0.39 is 11.7 Å². The highest BCUT2D eigenvalue weighted by atomic mass is 35.5. The smallest absolute Gasteiger partial charge is 0.307 e. The van der Waals surface area contributed by atoms with Gasteiger partial charge in [0.05, 0.1) is 23.8 Å². The number of Topliss-reactive ketones (excluding diaryl/α,β-unsaturated/α-hetero) is 1. The molecule has 1 aliphatic rings. The van der Waals surface area contributed by atoms with Crippen LogP contribution in [-0.2, 0) is 4.79 Å². The van der Waals surface area contributed by atoms with E-state index in [1.807, 2.05) is 6.07 Å². The molecular weight excluding hydrogens is 528 g/mol. The molecule has 9 nitrogen and oxygen atoms in total. The Hall–Kier alpha value is -4.41. The number of carbonyl (C=O) groups is 2. The van der Waals surface area contributed by atoms with Crippen LogP contribution in [0.1, 0.15) is 16.1 Å². The summed E-state index contributed by atoms with van der Waals surface area (Å²) in [5, 5.41) is 17.0. The van der Waals surface area contributed by atoms with Crippen LogP contribution >= 0.6 is 23.4 Å². The van der Waals surface area contributed by atoms with Crippen molar-refractivity contribution in [3.8, 4) is 17.4 Å². The SMILES string of the molecule is COc1ccc(-[n+]2noc([O-])c2C(=O)CSC2=N/C(=C/c3ccc(Cl)cc3)C(=O)N2c2ccccc2)cc1. The van der Waals surface area contributed by atoms with Gasteiger partial charge in [0, 0.05) is 17.2 Å². The Labute approximate surface area is 226 Å². The highest BCUT2D eigenvalue weighted by Gasteiger charge is 2.34. The van der Waals surface area contributed by atoms with Gasteiger partial charge in [0.15, 0.2) is 11.1 Å². The summed E-state index contributed by atoms with van der Waals surface area (Å²) < 4.78 is 11.1. The monoisotopic (exact) mass is 546 g/mol. The predicted molar refractivity (Wildman–Crippen MR) is 142 cm³/mol. The van der Waals surface area contributed by atoms with E-state index in [2.05, 4.69) is 10.3 Å². The van der Waals surface area contributed by atoms with Crippen molar-refractivity contribution < 1.29 is 28.6 Å². The molecule has 190 valence electrons. The molecule has 0 atom stereocenters. The van der Waals surface area contributed by atoms with E-state index in [0.717, 1.165) is 22.0 Å². The fourth-order valence-corrected chi connectivity index (χ4v) is 4.70. The van der Waals surface area contributed by atoms with E-state index in [1.165, 1.54) is 12.0 Å². The number of aliphatic imine (C=N–C) groups is 1. The Morgan fingerprint density at radius 2 is 1.82 bits per heavy atom. The van der Waals surface area contributed by atoms with Crippen molar-refractivity contribution in [1.29, 1.82) is 0 Å². The number of benzene rings is 3. The summed E-state index contributed by atoms with van der Waals surface area (Å²) in [6.07, 6.45) is 1.65. The van der Waals surface area contributed by atoms with Gasteiger partial charge in [-0.05, 0) is 52.7 Å². The number of hydrogen-bond acceptors (Lipinski definition) is 8. The number of ketones is 1. The van der Waals surface area contributed by atoms with E-state index in [9.17, 15) is 14.7 Å². The van der Waals surface area contributed by atoms with Gasteiger partial charge in [-0.25, -0.2) is 4.99 Å². The predicted octanol–water partition coefficient (Wildman–Crippen LogP) is 4.05. The summed E-state index contributed by atoms with van der Waals surface area (Å²) in [6.45, 7) is 0. The zero-order chi connectivity index (χ0) is 26.6. The molecule has 0 radical (unpaired) electrons. The Balaban J connectivity index is 1.42. The van der Waals surface area contributed by atoms with Gasteiger partial charge in [0.2, 0.25) is 11.5 Å². The van der Waals surface area contributed by atoms with Gasteiger partial charge in [0.25, 0.3) is 5.91 Å². The third-order valence-corrected chi connectivity index (χ3v) is 6.73. The van der Waals surface area contributed by atoms with E-state index in [0.29, 0.717) is 27.3 Å². The van der Waals surface area contributed by atoms with Gasteiger partial charge in [-0.15, -0.1) is 0 Å². The number of carbonyl (C=O) groups excluding carboxylic acids is 2. The summed E-state index contributed by atoms with van der Waals surface area (Å²) in [4.78, 5) is 32.5. The fourth-order valence-electron chi connectivity index (χ4n) is 3.69. The lowest BCUT2D eigenvalue weighted by molar-refractivity contribution is -0.672. The van der Waals surface area contributed by atoms with Crippen molar-refractivity contribution in [2.45, 2.75) is 0 Å². The van der Waals surface area contributed by atoms with Gasteiger partial charge in [-0.3, -0.25) is 14.5 Å². The maximum Gasteiger partial charge on any atom is 0.307 e. The normalized spacial score (nSPS) is 14.2. The summed E-state index contributed by atoms with van der Waals surface area (Å²) in [5.74, 6) is -1.31. The molecule has 0 saturated heterocycles. The molecule has 5 rings (SSSR count). The van der Waals surface area contributed by atoms with Gasteiger partial charge in [-0.1, -0.05) is 53.7 Å². The molecule has 1 amide bonds. The number of anilines is 1. The molecule has 1 aliphatic heterocycles. The van der Waals surface area contributed by atoms with Crippen LogP contribution in [0.25, 0.3) is 11.8 Å². The summed E-state index contributed by atoms with van der Waals surface area (Å²) in [7, 11) is 1.53. The van der Waals surface area contributed by atoms with Gasteiger partial charge in [-0.2, -0.15) is 0 Å². The van der Waals surface area contributed by atoms with E-state index >= 15 is 0 Å². The number of hydrogen-bond donors (Lipinski definition) is 0. The van der Waals surface area contributed by atoms with Crippen LogP contribution in [0.3, 0.4) is 0 Å². The first-order chi connectivity index (χ1) is 18.4. The lowest BCUT2D eigenvalue weighted by atomic mass is 10.2. The standard InChI is InChI=1S/C27H19ClN4O5S/c1-36-21-13-11-20(12-14-21)32-24(26(35)37-30-32)23(33)16-38-27-29-22(15-17-7-9-18(28)10-8-17)25(34)31(27)19-5-3-2-4-6-19/h2-15H,16H2,1H3/b22-15+. The number of amides is 1. The molecule has 0 N–H and O–H groups in total. The third-order valence-electron chi connectivity index (χ3n) is 5.54. The Bertz CT molecular complexity index is 1550. The lowest BCUT2D eigenvalue weighted by Crippen LogP contribution is -2.39. The minimum absolute atomic E-state index is 0.184. The summed E-state index contributed by atoms with van der Waals surface area (Å²) in [6, 6.07) is 22.6. The van der Waals surface area contributed by atoms with E-state index in [-0.39, 0.29) is 23.1 Å². The molecule has 0 saturated carbocycles. The minimum Gasteiger partial charge on any atom is -0.539 e. The van der Waals surface area contributed by atoms with E-state index in [1.54, 1.807) is 78.9 Å². The van der Waals surface area contributed by atoms with Crippen molar-refractivity contribution in [3.05, 3.63) is 101 Å². The quantitative estimate of drug-likeness (QED) is 0.195. The topological polar surface area (TPSA) is 112 Å². The average molecular weight is 547 g/mol. The van der Waals surface area contributed by atoms with Crippen LogP contribution in [-0.4, -0.2) is 35.0 Å². The van der Waals surface area contributed by atoms with Crippen LogP contribution < -0.4 is 19.4 Å². The molecule has 0 unspecified atom stereocenters. The largest absolute Gasteiger partial charge is 0.539 e. The number of ether oxygens (including phenoxy) is 1. The first-order valence-electron chi connectivity index (χ1n) is 11.3. The first kappa shape index (κ1) is 25.2. The molecule has 1 aromatic heterocycles. The minimum atomic E-state index is -0.862. The summed E-state index contributed by atoms with van der Waals surface area (Å²) in [5.41, 5.74) is 1.76. The molecule has 3 aromatic carbocycles. The number of para-hydroxylation sites is 1. The molecule has 0 spiro atoms. The van der Waals surface area contributed by atoms with Gasteiger partial charge >= 0.3 is 5.69 Å².